The van der Waals surface area contributed by atoms with Gasteiger partial charge in [-0.05, 0) is 22.6 Å². The first kappa shape index (κ1) is 20.1. The summed E-state index contributed by atoms with van der Waals surface area (Å²) in [5.74, 6) is 0.316. The van der Waals surface area contributed by atoms with Gasteiger partial charge in [0.2, 0.25) is 6.33 Å². The Labute approximate surface area is 177 Å². The number of aromatic nitrogens is 3. The minimum atomic E-state index is -0.706. The van der Waals surface area contributed by atoms with Crippen molar-refractivity contribution in [3.63, 3.8) is 0 Å². The van der Waals surface area contributed by atoms with Crippen LogP contribution in [0.25, 0.3) is 6.08 Å². The second-order valence-corrected chi connectivity index (χ2v) is 6.64. The third-order valence-corrected chi connectivity index (χ3v) is 4.52. The number of carbonyl (C=O) groups is 1. The molecule has 10 nitrogen and oxygen atoms in total. The molecule has 0 bridgehead atoms. The fourth-order valence-corrected chi connectivity index (χ4v) is 3.08. The van der Waals surface area contributed by atoms with Gasteiger partial charge < -0.3 is 24.5 Å². The highest BCUT2D eigenvalue weighted by Crippen LogP contribution is 2.34. The molecule has 2 aromatic carbocycles. The van der Waals surface area contributed by atoms with E-state index in [9.17, 15) is 14.9 Å². The molecule has 0 aliphatic carbocycles. The van der Waals surface area contributed by atoms with E-state index in [1.807, 2.05) is 42.5 Å². The number of hydrogen-bond acceptors (Lipinski definition) is 7. The van der Waals surface area contributed by atoms with Crippen molar-refractivity contribution < 1.29 is 19.2 Å². The normalized spacial score (nSPS) is 12.6. The van der Waals surface area contributed by atoms with E-state index in [1.165, 1.54) is 0 Å². The molecule has 0 saturated heterocycles. The molecule has 3 aromatic rings. The zero-order chi connectivity index (χ0) is 21.6. The van der Waals surface area contributed by atoms with Crippen molar-refractivity contribution in [2.75, 3.05) is 24.7 Å². The Balaban J connectivity index is 1.57. The number of rotatable bonds is 7. The lowest BCUT2D eigenvalue weighted by atomic mass is 10.2. The summed E-state index contributed by atoms with van der Waals surface area (Å²) >= 11 is 0. The van der Waals surface area contributed by atoms with Crippen LogP contribution in [0.4, 0.5) is 11.6 Å². The second-order valence-electron chi connectivity index (χ2n) is 6.64. The summed E-state index contributed by atoms with van der Waals surface area (Å²) in [5, 5.41) is 14.5. The topological polar surface area (TPSA) is 113 Å². The van der Waals surface area contributed by atoms with E-state index in [-0.39, 0.29) is 19.0 Å². The van der Waals surface area contributed by atoms with Gasteiger partial charge in [-0.25, -0.2) is 0 Å². The predicted molar refractivity (Wildman–Crippen MR) is 112 cm³/mol. The first-order valence-corrected chi connectivity index (χ1v) is 9.55. The van der Waals surface area contributed by atoms with Crippen LogP contribution in [-0.2, 0) is 11.3 Å². The van der Waals surface area contributed by atoms with Crippen molar-refractivity contribution in [3.05, 3.63) is 76.6 Å². The summed E-state index contributed by atoms with van der Waals surface area (Å²) in [6.45, 7) is 0.986. The number of amides is 1. The fourth-order valence-electron chi connectivity index (χ4n) is 3.08. The molecule has 4 rings (SSSR count). The quantitative estimate of drug-likeness (QED) is 0.426. The number of hydrogen-bond donors (Lipinski definition) is 0. The smallest absolute Gasteiger partial charge is 0.486 e. The highest BCUT2D eigenvalue weighted by molar-refractivity contribution is 5.94. The lowest BCUT2D eigenvalue weighted by Gasteiger charge is -2.24. The molecule has 0 N–H and O–H groups in total. The van der Waals surface area contributed by atoms with Crippen molar-refractivity contribution in [2.45, 2.75) is 6.54 Å². The van der Waals surface area contributed by atoms with Crippen molar-refractivity contribution in [1.82, 2.24) is 14.8 Å². The monoisotopic (exact) mass is 421 g/mol. The molecule has 158 valence electrons. The molecule has 10 heteroatoms. The van der Waals surface area contributed by atoms with Crippen LogP contribution in [0.2, 0.25) is 0 Å². The second kappa shape index (κ2) is 9.08. The number of ether oxygens (including phenoxy) is 2. The molecule has 2 heterocycles. The minimum Gasteiger partial charge on any atom is -0.486 e. The Morgan fingerprint density at radius 3 is 2.68 bits per heavy atom. The van der Waals surface area contributed by atoms with Crippen LogP contribution in [0.15, 0.2) is 60.9 Å². The van der Waals surface area contributed by atoms with E-state index in [0.29, 0.717) is 30.4 Å². The van der Waals surface area contributed by atoms with Crippen molar-refractivity contribution in [1.29, 1.82) is 0 Å². The number of nitrogens with zero attached hydrogens (tertiary/aromatic N) is 5. The van der Waals surface area contributed by atoms with Crippen LogP contribution < -0.4 is 14.4 Å². The van der Waals surface area contributed by atoms with Gasteiger partial charge in [0.15, 0.2) is 11.5 Å². The number of nitro groups is 1. The number of carbonyl (C=O) groups excluding carboxylic acids is 1. The molecule has 1 aliphatic heterocycles. The van der Waals surface area contributed by atoms with Gasteiger partial charge in [-0.15, -0.1) is 0 Å². The number of fused-ring (bicyclic) bond motifs is 1. The standard InChI is InChI=1S/C21H19N5O5/c27-20(14-24-15-22-21(23-24)26(28)29)25(10-4-7-16-5-2-1-3-6-16)17-8-9-18-19(13-17)31-12-11-30-18/h1-9,13,15H,10-12,14H2/b7-4+. The molecule has 1 aromatic heterocycles. The molecule has 0 radical (unpaired) electrons. The van der Waals surface area contributed by atoms with Gasteiger partial charge in [-0.3, -0.25) is 4.79 Å². The lowest BCUT2D eigenvalue weighted by Crippen LogP contribution is -2.34. The number of anilines is 1. The maximum Gasteiger partial charge on any atom is 0.490 e. The van der Waals surface area contributed by atoms with Crippen LogP contribution >= 0.6 is 0 Å². The summed E-state index contributed by atoms with van der Waals surface area (Å²) in [7, 11) is 0. The minimum absolute atomic E-state index is 0.200. The molecule has 31 heavy (non-hydrogen) atoms. The van der Waals surface area contributed by atoms with Gasteiger partial charge in [0.1, 0.15) is 19.8 Å². The first-order chi connectivity index (χ1) is 15.1. The SMILES string of the molecule is O=C(Cn1cnc([N+](=O)[O-])n1)N(C/C=C/c1ccccc1)c1ccc2c(c1)OCCO2. The molecular weight excluding hydrogens is 402 g/mol. The van der Waals surface area contributed by atoms with Crippen LogP contribution in [0.5, 0.6) is 11.5 Å². The van der Waals surface area contributed by atoms with Gasteiger partial charge in [0.05, 0.1) is 0 Å². The van der Waals surface area contributed by atoms with E-state index in [4.69, 9.17) is 9.47 Å². The Bertz CT molecular complexity index is 1110. The average Bonchev–Trinajstić information content (AvgIpc) is 3.26. The van der Waals surface area contributed by atoms with E-state index < -0.39 is 10.9 Å². The van der Waals surface area contributed by atoms with Crippen molar-refractivity contribution in [2.24, 2.45) is 0 Å². The Kier molecular flexibility index (Phi) is 5.88. The Hall–Kier alpha value is -4.21. The molecule has 0 atom stereocenters. The zero-order valence-electron chi connectivity index (χ0n) is 16.5. The van der Waals surface area contributed by atoms with E-state index >= 15 is 0 Å². The van der Waals surface area contributed by atoms with Gasteiger partial charge >= 0.3 is 5.95 Å². The highest BCUT2D eigenvalue weighted by atomic mass is 16.6. The third-order valence-electron chi connectivity index (χ3n) is 4.52. The first-order valence-electron chi connectivity index (χ1n) is 9.55. The van der Waals surface area contributed by atoms with E-state index in [0.717, 1.165) is 16.6 Å². The third kappa shape index (κ3) is 4.86. The molecular formula is C21H19N5O5. The maximum atomic E-state index is 13.1. The van der Waals surface area contributed by atoms with Crippen LogP contribution in [-0.4, -0.2) is 45.4 Å². The summed E-state index contributed by atoms with van der Waals surface area (Å²) in [4.78, 5) is 28.3. The highest BCUT2D eigenvalue weighted by Gasteiger charge is 2.22. The molecule has 1 amide bonds. The zero-order valence-corrected chi connectivity index (χ0v) is 16.5. The fraction of sp³-hybridized carbons (Fsp3) is 0.190. The van der Waals surface area contributed by atoms with Gasteiger partial charge in [0, 0.05) is 23.4 Å². The summed E-state index contributed by atoms with van der Waals surface area (Å²) in [5.41, 5.74) is 1.62. The van der Waals surface area contributed by atoms with Crippen molar-refractivity contribution in [3.8, 4) is 11.5 Å². The average molecular weight is 421 g/mol. The van der Waals surface area contributed by atoms with Gasteiger partial charge in [-0.1, -0.05) is 47.5 Å². The van der Waals surface area contributed by atoms with E-state index in [2.05, 4.69) is 10.1 Å². The number of benzene rings is 2. The molecule has 0 saturated carbocycles. The molecule has 1 aliphatic rings. The summed E-state index contributed by atoms with van der Waals surface area (Å²) in [6.07, 6.45) is 4.95. The van der Waals surface area contributed by atoms with Crippen LogP contribution in [0, 0.1) is 10.1 Å². The summed E-state index contributed by atoms with van der Waals surface area (Å²) < 4.78 is 12.3. The Morgan fingerprint density at radius 2 is 1.94 bits per heavy atom. The van der Waals surface area contributed by atoms with Crippen molar-refractivity contribution >= 4 is 23.6 Å². The van der Waals surface area contributed by atoms with Gasteiger partial charge in [0.25, 0.3) is 5.91 Å². The van der Waals surface area contributed by atoms with Crippen LogP contribution in [0.3, 0.4) is 0 Å². The molecule has 0 unspecified atom stereocenters. The predicted octanol–water partition coefficient (Wildman–Crippen LogP) is 2.70. The maximum absolute atomic E-state index is 13.1. The van der Waals surface area contributed by atoms with Crippen LogP contribution in [0.1, 0.15) is 5.56 Å². The lowest BCUT2D eigenvalue weighted by molar-refractivity contribution is -0.394. The molecule has 0 fully saturated rings. The van der Waals surface area contributed by atoms with Gasteiger partial charge in [-0.2, -0.15) is 4.68 Å². The van der Waals surface area contributed by atoms with E-state index in [1.54, 1.807) is 23.1 Å². The Morgan fingerprint density at radius 1 is 1.16 bits per heavy atom. The summed E-state index contributed by atoms with van der Waals surface area (Å²) in [6, 6.07) is 15.0. The molecule has 0 spiro atoms. The largest absolute Gasteiger partial charge is 0.490 e.